The molecule has 5 nitrogen and oxygen atoms in total. The van der Waals surface area contributed by atoms with E-state index in [4.69, 9.17) is 22.5 Å². The van der Waals surface area contributed by atoms with Crippen LogP contribution in [-0.2, 0) is 0 Å². The Kier molecular flexibility index (Phi) is 4.45. The smallest absolute Gasteiger partial charge is 0.255 e. The molecule has 4 N–H and O–H groups in total. The molecule has 0 saturated carbocycles. The second-order valence-corrected chi connectivity index (χ2v) is 4.91. The molecule has 0 bridgehead atoms. The number of benzene rings is 2. The van der Waals surface area contributed by atoms with Gasteiger partial charge >= 0.3 is 0 Å². The maximum atomic E-state index is 12.2. The van der Waals surface area contributed by atoms with Crippen LogP contribution in [0.1, 0.15) is 21.5 Å². The van der Waals surface area contributed by atoms with E-state index in [0.717, 1.165) is 5.56 Å². The summed E-state index contributed by atoms with van der Waals surface area (Å²) in [6.45, 7) is 1.85. The Labute approximate surface area is 127 Å². The predicted molar refractivity (Wildman–Crippen MR) is 83.1 cm³/mol. The van der Waals surface area contributed by atoms with Crippen LogP contribution in [0, 0.1) is 6.92 Å². The van der Waals surface area contributed by atoms with Crippen molar-refractivity contribution in [2.75, 3.05) is 5.32 Å². The van der Waals surface area contributed by atoms with Crippen LogP contribution in [0.4, 0.5) is 5.69 Å². The van der Waals surface area contributed by atoms with Crippen LogP contribution in [0.2, 0.25) is 5.02 Å². The fourth-order valence-corrected chi connectivity index (χ4v) is 1.90. The Morgan fingerprint density at radius 3 is 2.43 bits per heavy atom. The molecule has 2 aromatic rings. The van der Waals surface area contributed by atoms with Gasteiger partial charge in [0.2, 0.25) is 0 Å². The van der Waals surface area contributed by atoms with Gasteiger partial charge < -0.3 is 16.3 Å². The number of aryl methyl sites for hydroxylation is 1. The van der Waals surface area contributed by atoms with Crippen molar-refractivity contribution in [1.29, 1.82) is 0 Å². The second-order valence-electron chi connectivity index (χ2n) is 4.48. The van der Waals surface area contributed by atoms with E-state index in [1.54, 1.807) is 42.5 Å². The van der Waals surface area contributed by atoms with Crippen molar-refractivity contribution < 1.29 is 10.0 Å². The number of carbonyl (C=O) groups excluding carboxylic acids is 1. The minimum atomic E-state index is -0.258. The molecular weight excluding hydrogens is 290 g/mol. The van der Waals surface area contributed by atoms with Gasteiger partial charge in [-0.15, -0.1) is 0 Å². The zero-order valence-corrected chi connectivity index (χ0v) is 12.1. The lowest BCUT2D eigenvalue weighted by Gasteiger charge is -2.10. The van der Waals surface area contributed by atoms with E-state index < -0.39 is 0 Å². The average Bonchev–Trinajstić information content (AvgIpc) is 2.49. The monoisotopic (exact) mass is 303 g/mol. The third-order valence-electron chi connectivity index (χ3n) is 3.00. The lowest BCUT2D eigenvalue weighted by atomic mass is 10.1. The van der Waals surface area contributed by atoms with Gasteiger partial charge in [-0.1, -0.05) is 28.9 Å². The molecule has 1 amide bonds. The van der Waals surface area contributed by atoms with Gasteiger partial charge in [0.15, 0.2) is 5.84 Å². The molecule has 0 fully saturated rings. The molecule has 2 rings (SSSR count). The molecule has 108 valence electrons. The molecule has 6 heteroatoms. The molecule has 0 unspecified atom stereocenters. The Morgan fingerprint density at radius 2 is 1.81 bits per heavy atom. The van der Waals surface area contributed by atoms with Crippen molar-refractivity contribution in [3.8, 4) is 0 Å². The van der Waals surface area contributed by atoms with Gasteiger partial charge in [-0.25, -0.2) is 0 Å². The van der Waals surface area contributed by atoms with Gasteiger partial charge in [0, 0.05) is 21.8 Å². The number of nitrogens with zero attached hydrogens (tertiary/aromatic N) is 1. The second kappa shape index (κ2) is 6.28. The SMILES string of the molecule is Cc1ccc(C(N)=NO)cc1NC(=O)c1ccc(Cl)cc1. The van der Waals surface area contributed by atoms with Crippen LogP contribution in [-0.4, -0.2) is 17.0 Å². The van der Waals surface area contributed by atoms with Gasteiger partial charge in [-0.3, -0.25) is 4.79 Å². The summed E-state index contributed by atoms with van der Waals surface area (Å²) in [5, 5.41) is 15.0. The highest BCUT2D eigenvalue weighted by molar-refractivity contribution is 6.30. The van der Waals surface area contributed by atoms with E-state index >= 15 is 0 Å². The van der Waals surface area contributed by atoms with E-state index in [1.807, 2.05) is 6.92 Å². The predicted octanol–water partition coefficient (Wildman–Crippen LogP) is 3.00. The molecule has 0 atom stereocenters. The third-order valence-corrected chi connectivity index (χ3v) is 3.25. The zero-order valence-electron chi connectivity index (χ0n) is 11.3. The summed E-state index contributed by atoms with van der Waals surface area (Å²) in [4.78, 5) is 12.2. The largest absolute Gasteiger partial charge is 0.409 e. The number of hydrogen-bond donors (Lipinski definition) is 3. The van der Waals surface area contributed by atoms with Crippen LogP contribution in [0.5, 0.6) is 0 Å². The molecule has 0 heterocycles. The summed E-state index contributed by atoms with van der Waals surface area (Å²) >= 11 is 5.79. The molecule has 0 aliphatic heterocycles. The number of carbonyl (C=O) groups is 1. The Morgan fingerprint density at radius 1 is 1.19 bits per heavy atom. The van der Waals surface area contributed by atoms with E-state index in [0.29, 0.717) is 21.8 Å². The minimum absolute atomic E-state index is 0.0167. The lowest BCUT2D eigenvalue weighted by Crippen LogP contribution is -2.16. The lowest BCUT2D eigenvalue weighted by molar-refractivity contribution is 0.102. The van der Waals surface area contributed by atoms with Crippen molar-refractivity contribution in [1.82, 2.24) is 0 Å². The Balaban J connectivity index is 2.26. The third kappa shape index (κ3) is 3.52. The summed E-state index contributed by atoms with van der Waals surface area (Å²) in [6.07, 6.45) is 0. The quantitative estimate of drug-likeness (QED) is 0.352. The number of halogens is 1. The van der Waals surface area contributed by atoms with Crippen LogP contribution in [0.3, 0.4) is 0 Å². The van der Waals surface area contributed by atoms with Crippen molar-refractivity contribution in [3.05, 3.63) is 64.2 Å². The van der Waals surface area contributed by atoms with Gasteiger partial charge in [-0.2, -0.15) is 0 Å². The molecule has 0 aromatic heterocycles. The molecular formula is C15H14ClN3O2. The summed E-state index contributed by atoms with van der Waals surface area (Å²) in [5.74, 6) is -0.275. The van der Waals surface area contributed by atoms with Crippen molar-refractivity contribution in [3.63, 3.8) is 0 Å². The minimum Gasteiger partial charge on any atom is -0.409 e. The standard InChI is InChI=1S/C15H14ClN3O2/c1-9-2-3-11(14(17)19-21)8-13(9)18-15(20)10-4-6-12(16)7-5-10/h2-8,21H,1H3,(H2,17,19)(H,18,20). The van der Waals surface area contributed by atoms with Crippen LogP contribution < -0.4 is 11.1 Å². The normalized spacial score (nSPS) is 11.2. The maximum absolute atomic E-state index is 12.2. The Hall–Kier alpha value is -2.53. The van der Waals surface area contributed by atoms with E-state index in [2.05, 4.69) is 10.5 Å². The molecule has 0 aliphatic rings. The highest BCUT2D eigenvalue weighted by Crippen LogP contribution is 2.18. The van der Waals surface area contributed by atoms with Gasteiger partial charge in [0.1, 0.15) is 0 Å². The molecule has 0 spiro atoms. The number of hydrogen-bond acceptors (Lipinski definition) is 3. The van der Waals surface area contributed by atoms with Crippen molar-refractivity contribution >= 4 is 29.0 Å². The first-order chi connectivity index (χ1) is 10.0. The summed E-state index contributed by atoms with van der Waals surface area (Å²) in [6, 6.07) is 11.7. The fraction of sp³-hybridized carbons (Fsp3) is 0.0667. The number of nitrogens with one attached hydrogen (secondary N) is 1. The summed E-state index contributed by atoms with van der Waals surface area (Å²) in [5.41, 5.74) is 8.02. The molecule has 21 heavy (non-hydrogen) atoms. The van der Waals surface area contributed by atoms with Gasteiger partial charge in [-0.05, 0) is 42.8 Å². The zero-order chi connectivity index (χ0) is 15.4. The highest BCUT2D eigenvalue weighted by atomic mass is 35.5. The number of oxime groups is 1. The Bertz CT molecular complexity index is 697. The first kappa shape index (κ1) is 14.9. The number of rotatable bonds is 3. The van der Waals surface area contributed by atoms with Gasteiger partial charge in [0.05, 0.1) is 0 Å². The number of amides is 1. The van der Waals surface area contributed by atoms with Crippen LogP contribution >= 0.6 is 11.6 Å². The number of anilines is 1. The van der Waals surface area contributed by atoms with Crippen LogP contribution in [0.25, 0.3) is 0 Å². The fourth-order valence-electron chi connectivity index (χ4n) is 1.77. The first-order valence-corrected chi connectivity index (χ1v) is 6.54. The van der Waals surface area contributed by atoms with E-state index in [-0.39, 0.29) is 11.7 Å². The van der Waals surface area contributed by atoms with Crippen molar-refractivity contribution in [2.24, 2.45) is 10.9 Å². The van der Waals surface area contributed by atoms with Crippen molar-refractivity contribution in [2.45, 2.75) is 6.92 Å². The highest BCUT2D eigenvalue weighted by Gasteiger charge is 2.09. The first-order valence-electron chi connectivity index (χ1n) is 6.16. The summed E-state index contributed by atoms with van der Waals surface area (Å²) < 4.78 is 0. The topological polar surface area (TPSA) is 87.7 Å². The maximum Gasteiger partial charge on any atom is 0.255 e. The number of amidine groups is 1. The van der Waals surface area contributed by atoms with Gasteiger partial charge in [0.25, 0.3) is 5.91 Å². The van der Waals surface area contributed by atoms with E-state index in [9.17, 15) is 4.79 Å². The molecule has 0 aliphatic carbocycles. The van der Waals surface area contributed by atoms with E-state index in [1.165, 1.54) is 0 Å². The van der Waals surface area contributed by atoms with Crippen LogP contribution in [0.15, 0.2) is 47.6 Å². The summed E-state index contributed by atoms with van der Waals surface area (Å²) in [7, 11) is 0. The average molecular weight is 304 g/mol. The molecule has 0 saturated heterocycles. The molecule has 0 radical (unpaired) electrons. The number of nitrogens with two attached hydrogens (primary N) is 1. The molecule has 2 aromatic carbocycles.